The standard InChI is InChI=1S/C18H17N3O3S/c22-18(14-5-3-7-19-16(14)21-8-1-2-9-21)24-11-13-12-25-17(20-13)15-6-4-10-23-15/h3-7,10,12H,1-2,8-9,11H2. The van der Waals surface area contributed by atoms with E-state index in [4.69, 9.17) is 9.15 Å². The van der Waals surface area contributed by atoms with E-state index in [0.29, 0.717) is 22.8 Å². The van der Waals surface area contributed by atoms with Crippen LogP contribution in [0.15, 0.2) is 46.5 Å². The Hall–Kier alpha value is -2.67. The summed E-state index contributed by atoms with van der Waals surface area (Å²) in [5, 5.41) is 2.64. The molecule has 25 heavy (non-hydrogen) atoms. The second-order valence-corrected chi connectivity index (χ2v) is 6.62. The molecule has 4 heterocycles. The number of furan rings is 1. The van der Waals surface area contributed by atoms with Crippen LogP contribution in [-0.2, 0) is 11.3 Å². The largest absolute Gasteiger partial charge is 0.462 e. The summed E-state index contributed by atoms with van der Waals surface area (Å²) in [6.07, 6.45) is 5.57. The first-order valence-corrected chi connectivity index (χ1v) is 9.04. The average Bonchev–Trinajstić information content (AvgIpc) is 3.41. The lowest BCUT2D eigenvalue weighted by Gasteiger charge is -2.18. The second-order valence-electron chi connectivity index (χ2n) is 5.77. The first-order valence-electron chi connectivity index (χ1n) is 8.16. The molecular formula is C18H17N3O3S. The van der Waals surface area contributed by atoms with Crippen LogP contribution in [0.1, 0.15) is 28.9 Å². The number of rotatable bonds is 5. The summed E-state index contributed by atoms with van der Waals surface area (Å²) in [5.74, 6) is 1.05. The van der Waals surface area contributed by atoms with Gasteiger partial charge in [-0.3, -0.25) is 0 Å². The second kappa shape index (κ2) is 7.06. The summed E-state index contributed by atoms with van der Waals surface area (Å²) in [6, 6.07) is 7.19. The molecule has 0 bridgehead atoms. The number of carbonyl (C=O) groups excluding carboxylic acids is 1. The Kier molecular flexibility index (Phi) is 4.47. The van der Waals surface area contributed by atoms with E-state index < -0.39 is 0 Å². The van der Waals surface area contributed by atoms with Gasteiger partial charge in [0.25, 0.3) is 0 Å². The SMILES string of the molecule is O=C(OCc1csc(-c2ccco2)n1)c1cccnc1N1CCCC1. The fraction of sp³-hybridized carbons (Fsp3) is 0.278. The maximum Gasteiger partial charge on any atom is 0.342 e. The molecule has 6 nitrogen and oxygen atoms in total. The molecule has 1 aliphatic rings. The zero-order valence-corrected chi connectivity index (χ0v) is 14.4. The molecule has 4 rings (SSSR count). The third kappa shape index (κ3) is 3.41. The first kappa shape index (κ1) is 15.8. The number of aromatic nitrogens is 2. The molecular weight excluding hydrogens is 338 g/mol. The maximum atomic E-state index is 12.5. The van der Waals surface area contributed by atoms with E-state index in [2.05, 4.69) is 14.9 Å². The van der Waals surface area contributed by atoms with Gasteiger partial charge in [-0.05, 0) is 37.1 Å². The Morgan fingerprint density at radius 3 is 2.96 bits per heavy atom. The normalized spacial score (nSPS) is 14.0. The molecule has 0 saturated carbocycles. The Morgan fingerprint density at radius 2 is 2.16 bits per heavy atom. The van der Waals surface area contributed by atoms with Crippen LogP contribution in [0.5, 0.6) is 0 Å². The summed E-state index contributed by atoms with van der Waals surface area (Å²) < 4.78 is 10.8. The number of hydrogen-bond acceptors (Lipinski definition) is 7. The van der Waals surface area contributed by atoms with Crippen molar-refractivity contribution in [1.82, 2.24) is 9.97 Å². The van der Waals surface area contributed by atoms with E-state index in [1.807, 2.05) is 17.5 Å². The topological polar surface area (TPSA) is 68.5 Å². The summed E-state index contributed by atoms with van der Waals surface area (Å²) in [7, 11) is 0. The first-order chi connectivity index (χ1) is 12.3. The van der Waals surface area contributed by atoms with Crippen molar-refractivity contribution in [3.63, 3.8) is 0 Å². The van der Waals surface area contributed by atoms with E-state index in [1.54, 1.807) is 24.6 Å². The van der Waals surface area contributed by atoms with Crippen LogP contribution in [0.3, 0.4) is 0 Å². The number of esters is 1. The van der Waals surface area contributed by atoms with Crippen LogP contribution < -0.4 is 4.90 Å². The number of pyridine rings is 1. The predicted molar refractivity (Wildman–Crippen MR) is 94.6 cm³/mol. The highest BCUT2D eigenvalue weighted by molar-refractivity contribution is 7.13. The van der Waals surface area contributed by atoms with Gasteiger partial charge in [0.05, 0.1) is 12.0 Å². The van der Waals surface area contributed by atoms with Crippen molar-refractivity contribution < 1.29 is 13.9 Å². The van der Waals surface area contributed by atoms with Crippen molar-refractivity contribution in [2.24, 2.45) is 0 Å². The summed E-state index contributed by atoms with van der Waals surface area (Å²) in [4.78, 5) is 23.4. The number of hydrogen-bond donors (Lipinski definition) is 0. The minimum absolute atomic E-state index is 0.129. The van der Waals surface area contributed by atoms with Gasteiger partial charge in [-0.25, -0.2) is 14.8 Å². The van der Waals surface area contributed by atoms with Gasteiger partial charge in [0.2, 0.25) is 0 Å². The highest BCUT2D eigenvalue weighted by Crippen LogP contribution is 2.25. The molecule has 3 aromatic rings. The molecule has 7 heteroatoms. The number of ether oxygens (including phenoxy) is 1. The quantitative estimate of drug-likeness (QED) is 0.649. The van der Waals surface area contributed by atoms with Gasteiger partial charge in [0, 0.05) is 24.7 Å². The molecule has 0 atom stereocenters. The Balaban J connectivity index is 1.44. The van der Waals surface area contributed by atoms with Crippen molar-refractivity contribution >= 4 is 23.1 Å². The molecule has 1 saturated heterocycles. The van der Waals surface area contributed by atoms with Crippen LogP contribution in [0.25, 0.3) is 10.8 Å². The number of carbonyl (C=O) groups is 1. The van der Waals surface area contributed by atoms with Gasteiger partial charge in [-0.2, -0.15) is 0 Å². The van der Waals surface area contributed by atoms with Gasteiger partial charge in [0.1, 0.15) is 18.0 Å². The summed E-state index contributed by atoms with van der Waals surface area (Å²) >= 11 is 1.46. The van der Waals surface area contributed by atoms with Gasteiger partial charge < -0.3 is 14.1 Å². The number of anilines is 1. The molecule has 0 amide bonds. The van der Waals surface area contributed by atoms with Crippen molar-refractivity contribution in [3.05, 3.63) is 53.4 Å². The van der Waals surface area contributed by atoms with Crippen LogP contribution in [0.4, 0.5) is 5.82 Å². The van der Waals surface area contributed by atoms with E-state index in [-0.39, 0.29) is 12.6 Å². The molecule has 0 spiro atoms. The van der Waals surface area contributed by atoms with Crippen molar-refractivity contribution in [2.75, 3.05) is 18.0 Å². The third-order valence-electron chi connectivity index (χ3n) is 4.05. The molecule has 0 N–H and O–H groups in total. The molecule has 1 fully saturated rings. The van der Waals surface area contributed by atoms with Gasteiger partial charge in [0.15, 0.2) is 10.8 Å². The van der Waals surface area contributed by atoms with Crippen molar-refractivity contribution in [2.45, 2.75) is 19.4 Å². The monoisotopic (exact) mass is 355 g/mol. The molecule has 128 valence electrons. The van der Waals surface area contributed by atoms with E-state index in [9.17, 15) is 4.79 Å². The van der Waals surface area contributed by atoms with Crippen LogP contribution >= 0.6 is 11.3 Å². The van der Waals surface area contributed by atoms with Crippen LogP contribution in [0, 0.1) is 0 Å². The lowest BCUT2D eigenvalue weighted by Crippen LogP contribution is -2.22. The van der Waals surface area contributed by atoms with Crippen molar-refractivity contribution in [1.29, 1.82) is 0 Å². The Morgan fingerprint density at radius 1 is 1.28 bits per heavy atom. The molecule has 0 unspecified atom stereocenters. The van der Waals surface area contributed by atoms with Crippen LogP contribution in [0.2, 0.25) is 0 Å². The number of nitrogens with zero attached hydrogens (tertiary/aromatic N) is 3. The summed E-state index contributed by atoms with van der Waals surface area (Å²) in [5.41, 5.74) is 1.21. The van der Waals surface area contributed by atoms with Crippen LogP contribution in [-0.4, -0.2) is 29.0 Å². The Labute approximate surface area is 149 Å². The van der Waals surface area contributed by atoms with Crippen molar-refractivity contribution in [3.8, 4) is 10.8 Å². The van der Waals surface area contributed by atoms with Gasteiger partial charge in [-0.1, -0.05) is 0 Å². The third-order valence-corrected chi connectivity index (χ3v) is 4.95. The zero-order valence-electron chi connectivity index (χ0n) is 13.6. The molecule has 3 aromatic heterocycles. The Bertz CT molecular complexity index is 854. The highest BCUT2D eigenvalue weighted by atomic mass is 32.1. The van der Waals surface area contributed by atoms with Gasteiger partial charge >= 0.3 is 5.97 Å². The minimum atomic E-state index is -0.373. The highest BCUT2D eigenvalue weighted by Gasteiger charge is 2.21. The smallest absolute Gasteiger partial charge is 0.342 e. The number of thiazole rings is 1. The van der Waals surface area contributed by atoms with E-state index >= 15 is 0 Å². The average molecular weight is 355 g/mol. The van der Waals surface area contributed by atoms with Gasteiger partial charge in [-0.15, -0.1) is 11.3 Å². The molecule has 0 aromatic carbocycles. The van der Waals surface area contributed by atoms with E-state index in [1.165, 1.54) is 11.3 Å². The van der Waals surface area contributed by atoms with E-state index in [0.717, 1.165) is 30.9 Å². The minimum Gasteiger partial charge on any atom is -0.462 e. The molecule has 0 radical (unpaired) electrons. The maximum absolute atomic E-state index is 12.5. The predicted octanol–water partition coefficient (Wildman–Crippen LogP) is 3.76. The lowest BCUT2D eigenvalue weighted by molar-refractivity contribution is 0.0469. The molecule has 1 aliphatic heterocycles. The lowest BCUT2D eigenvalue weighted by atomic mass is 10.2. The fourth-order valence-corrected chi connectivity index (χ4v) is 3.61. The zero-order chi connectivity index (χ0) is 17.1. The molecule has 0 aliphatic carbocycles. The fourth-order valence-electron chi connectivity index (χ4n) is 2.84. The summed E-state index contributed by atoms with van der Waals surface area (Å²) in [6.45, 7) is 1.98.